The molecule has 0 spiro atoms. The second kappa shape index (κ2) is 9.86. The number of carbonyl (C=O) groups is 2. The van der Waals surface area contributed by atoms with E-state index in [4.69, 9.17) is 4.42 Å². The molecule has 0 radical (unpaired) electrons. The molecule has 2 aromatic heterocycles. The van der Waals surface area contributed by atoms with Crippen molar-refractivity contribution in [2.24, 2.45) is 0 Å². The van der Waals surface area contributed by atoms with Crippen LogP contribution in [0, 0.1) is 0 Å². The van der Waals surface area contributed by atoms with Gasteiger partial charge < -0.3 is 19.5 Å². The van der Waals surface area contributed by atoms with Gasteiger partial charge in [-0.3, -0.25) is 14.4 Å². The van der Waals surface area contributed by atoms with Gasteiger partial charge >= 0.3 is 0 Å². The van der Waals surface area contributed by atoms with Crippen molar-refractivity contribution in [3.05, 3.63) is 45.7 Å². The molecule has 0 saturated carbocycles. The number of aromatic nitrogens is 1. The predicted molar refractivity (Wildman–Crippen MR) is 114 cm³/mol. The minimum absolute atomic E-state index is 0.115. The summed E-state index contributed by atoms with van der Waals surface area (Å²) < 4.78 is 6.08. The van der Waals surface area contributed by atoms with Gasteiger partial charge in [0.25, 0.3) is 5.91 Å². The first-order valence-corrected chi connectivity index (χ1v) is 9.83. The minimum Gasteiger partial charge on any atom is -0.423 e. The Bertz CT molecular complexity index is 916. The fourth-order valence-corrected chi connectivity index (χ4v) is 3.11. The van der Waals surface area contributed by atoms with E-state index in [9.17, 15) is 14.4 Å². The number of nitrogens with zero attached hydrogens (tertiary/aromatic N) is 3. The minimum atomic E-state index is -0.659. The third kappa shape index (κ3) is 4.64. The Labute approximate surface area is 170 Å². The molecule has 0 aliphatic rings. The number of rotatable bonds is 9. The van der Waals surface area contributed by atoms with Crippen molar-refractivity contribution in [1.29, 1.82) is 0 Å². The van der Waals surface area contributed by atoms with Crippen molar-refractivity contribution in [3.63, 3.8) is 0 Å². The van der Waals surface area contributed by atoms with Gasteiger partial charge in [0.1, 0.15) is 16.9 Å². The maximum absolute atomic E-state index is 13.3. The Morgan fingerprint density at radius 2 is 1.52 bits per heavy atom. The molecule has 8 nitrogen and oxygen atoms in total. The highest BCUT2D eigenvalue weighted by Crippen LogP contribution is 2.28. The molecule has 0 bridgehead atoms. The number of carbonyl (C=O) groups excluding carboxylic acids is 2. The van der Waals surface area contributed by atoms with E-state index in [1.807, 2.05) is 27.7 Å². The van der Waals surface area contributed by atoms with Crippen LogP contribution in [0.15, 0.2) is 33.6 Å². The highest BCUT2D eigenvalue weighted by molar-refractivity contribution is 6.09. The van der Waals surface area contributed by atoms with Crippen molar-refractivity contribution >= 4 is 29.3 Å². The average molecular weight is 400 g/mol. The molecule has 0 aliphatic heterocycles. The standard InChI is InChI=1S/C21H28N4O4/c1-6-24(7-2)20-16(14(5)26)18(27)17(21(29-20)25(8-3)9-4)19(28)23-15-12-10-11-13-22-15/h10-13H,6-9H2,1-5H3,(H,22,23,28). The van der Waals surface area contributed by atoms with Crippen LogP contribution in [-0.2, 0) is 0 Å². The number of amides is 1. The number of anilines is 3. The molecular weight excluding hydrogens is 372 g/mol. The van der Waals surface area contributed by atoms with E-state index in [2.05, 4.69) is 10.3 Å². The van der Waals surface area contributed by atoms with Crippen molar-refractivity contribution in [3.8, 4) is 0 Å². The topological polar surface area (TPSA) is 95.8 Å². The molecule has 1 amide bonds. The Hall–Kier alpha value is -3.16. The lowest BCUT2D eigenvalue weighted by Gasteiger charge is -2.27. The Morgan fingerprint density at radius 3 is 1.97 bits per heavy atom. The summed E-state index contributed by atoms with van der Waals surface area (Å²) in [5.41, 5.74) is -0.947. The van der Waals surface area contributed by atoms with E-state index < -0.39 is 17.1 Å². The van der Waals surface area contributed by atoms with Crippen LogP contribution in [0.3, 0.4) is 0 Å². The summed E-state index contributed by atoms with van der Waals surface area (Å²) in [5, 5.41) is 2.62. The van der Waals surface area contributed by atoms with Gasteiger partial charge in [-0.05, 0) is 46.8 Å². The summed E-state index contributed by atoms with van der Waals surface area (Å²) in [4.78, 5) is 46.3. The highest BCUT2D eigenvalue weighted by Gasteiger charge is 2.30. The fourth-order valence-electron chi connectivity index (χ4n) is 3.11. The number of hydrogen-bond acceptors (Lipinski definition) is 7. The van der Waals surface area contributed by atoms with Gasteiger partial charge in [-0.15, -0.1) is 0 Å². The average Bonchev–Trinajstić information content (AvgIpc) is 2.70. The maximum Gasteiger partial charge on any atom is 0.266 e. The van der Waals surface area contributed by atoms with Gasteiger partial charge in [0, 0.05) is 32.4 Å². The van der Waals surface area contributed by atoms with Crippen molar-refractivity contribution in [2.75, 3.05) is 41.3 Å². The van der Waals surface area contributed by atoms with Crippen LogP contribution in [0.25, 0.3) is 0 Å². The third-order valence-corrected chi connectivity index (χ3v) is 4.66. The molecule has 1 N–H and O–H groups in total. The molecule has 2 heterocycles. The molecule has 0 fully saturated rings. The van der Waals surface area contributed by atoms with E-state index in [1.165, 1.54) is 13.1 Å². The zero-order valence-electron chi connectivity index (χ0n) is 17.6. The lowest BCUT2D eigenvalue weighted by atomic mass is 10.1. The first-order valence-electron chi connectivity index (χ1n) is 9.83. The van der Waals surface area contributed by atoms with E-state index in [0.29, 0.717) is 32.0 Å². The smallest absolute Gasteiger partial charge is 0.266 e. The van der Waals surface area contributed by atoms with Gasteiger partial charge in [0.2, 0.25) is 17.2 Å². The maximum atomic E-state index is 13.3. The van der Waals surface area contributed by atoms with Crippen molar-refractivity contribution in [2.45, 2.75) is 34.6 Å². The fraction of sp³-hybridized carbons (Fsp3) is 0.429. The van der Waals surface area contributed by atoms with Crippen molar-refractivity contribution in [1.82, 2.24) is 4.98 Å². The number of hydrogen-bond donors (Lipinski definition) is 1. The van der Waals surface area contributed by atoms with E-state index in [0.717, 1.165) is 0 Å². The normalized spacial score (nSPS) is 10.5. The van der Waals surface area contributed by atoms with E-state index >= 15 is 0 Å². The van der Waals surface area contributed by atoms with Gasteiger partial charge in [-0.1, -0.05) is 6.07 Å². The Morgan fingerprint density at radius 1 is 0.966 bits per heavy atom. The van der Waals surface area contributed by atoms with Crippen LogP contribution in [0.5, 0.6) is 0 Å². The van der Waals surface area contributed by atoms with Crippen LogP contribution in [0.2, 0.25) is 0 Å². The highest BCUT2D eigenvalue weighted by atomic mass is 16.4. The first-order chi connectivity index (χ1) is 13.9. The summed E-state index contributed by atoms with van der Waals surface area (Å²) in [6.45, 7) is 11.1. The molecule has 0 unspecified atom stereocenters. The molecule has 0 aromatic carbocycles. The number of Topliss-reactive ketones (excluding diaryl/α,β-unsaturated/α-hetero) is 1. The molecule has 29 heavy (non-hydrogen) atoms. The molecule has 2 rings (SSSR count). The predicted octanol–water partition coefficient (Wildman–Crippen LogP) is 3.18. The quantitative estimate of drug-likeness (QED) is 0.646. The number of pyridine rings is 1. The van der Waals surface area contributed by atoms with Crippen LogP contribution in [-0.4, -0.2) is 42.9 Å². The van der Waals surface area contributed by atoms with Crippen LogP contribution >= 0.6 is 0 Å². The molecule has 156 valence electrons. The van der Waals surface area contributed by atoms with Crippen molar-refractivity contribution < 1.29 is 14.0 Å². The molecular formula is C21H28N4O4. The molecule has 0 saturated heterocycles. The summed E-state index contributed by atoms with van der Waals surface area (Å²) in [7, 11) is 0. The first kappa shape index (κ1) is 22.1. The Balaban J connectivity index is 2.76. The third-order valence-electron chi connectivity index (χ3n) is 4.66. The van der Waals surface area contributed by atoms with Crippen LogP contribution in [0.1, 0.15) is 55.3 Å². The van der Waals surface area contributed by atoms with Crippen LogP contribution < -0.4 is 20.5 Å². The summed E-state index contributed by atoms with van der Waals surface area (Å²) in [6.07, 6.45) is 1.54. The Kier molecular flexibility index (Phi) is 7.52. The summed E-state index contributed by atoms with van der Waals surface area (Å²) >= 11 is 0. The van der Waals surface area contributed by atoms with Gasteiger partial charge in [0.05, 0.1) is 0 Å². The SMILES string of the molecule is CCN(CC)c1oc(N(CC)CC)c(C(=O)Nc2ccccn2)c(=O)c1C(C)=O. The lowest BCUT2D eigenvalue weighted by molar-refractivity contribution is 0.101. The van der Waals surface area contributed by atoms with E-state index in [-0.39, 0.29) is 22.9 Å². The van der Waals surface area contributed by atoms with Crippen LogP contribution in [0.4, 0.5) is 17.6 Å². The summed E-state index contributed by atoms with van der Waals surface area (Å²) in [5.74, 6) is -0.449. The second-order valence-electron chi connectivity index (χ2n) is 6.36. The molecule has 0 aliphatic carbocycles. The lowest BCUT2D eigenvalue weighted by Crippen LogP contribution is -2.35. The van der Waals surface area contributed by atoms with Gasteiger partial charge in [-0.25, -0.2) is 4.98 Å². The van der Waals surface area contributed by atoms with Gasteiger partial charge in [0.15, 0.2) is 5.78 Å². The second-order valence-corrected chi connectivity index (χ2v) is 6.36. The van der Waals surface area contributed by atoms with Gasteiger partial charge in [-0.2, -0.15) is 0 Å². The molecule has 2 aromatic rings. The zero-order chi connectivity index (χ0) is 21.6. The largest absolute Gasteiger partial charge is 0.423 e. The molecule has 0 atom stereocenters. The van der Waals surface area contributed by atoms with E-state index in [1.54, 1.807) is 28.0 Å². The molecule has 8 heteroatoms. The monoisotopic (exact) mass is 400 g/mol. The summed E-state index contributed by atoms with van der Waals surface area (Å²) in [6, 6.07) is 5.06. The zero-order valence-corrected chi connectivity index (χ0v) is 17.6. The number of ketones is 1. The number of nitrogens with one attached hydrogen (secondary N) is 1.